The lowest BCUT2D eigenvalue weighted by Gasteiger charge is -2.17. The maximum absolute atomic E-state index is 12.3. The number of esters is 1. The standard InChI is InChI=1S/C21H20BrClN2O4/c1-2-13-3-6-16(7-4-13)25-11-14(9-20(25)27)21(28)29-12-19(26)24-18-8-5-15(22)10-17(18)23/h3-8,10,14H,2,9,11-12H2,1H3,(H,24,26)/t14-/m0/s1. The van der Waals surface area contributed by atoms with Crippen LogP contribution < -0.4 is 10.2 Å². The largest absolute Gasteiger partial charge is 0.455 e. The predicted octanol–water partition coefficient (Wildman–Crippen LogP) is 4.20. The molecule has 2 aromatic rings. The zero-order valence-corrected chi connectivity index (χ0v) is 18.1. The average molecular weight is 480 g/mol. The van der Waals surface area contributed by atoms with Gasteiger partial charge in [0.2, 0.25) is 5.91 Å². The van der Waals surface area contributed by atoms with Crippen LogP contribution in [-0.4, -0.2) is 30.9 Å². The first-order valence-electron chi connectivity index (χ1n) is 9.18. The van der Waals surface area contributed by atoms with Gasteiger partial charge in [0.05, 0.1) is 16.6 Å². The molecular weight excluding hydrogens is 460 g/mol. The fourth-order valence-corrected chi connectivity index (χ4v) is 3.78. The molecule has 1 heterocycles. The molecule has 0 spiro atoms. The van der Waals surface area contributed by atoms with Gasteiger partial charge in [-0.15, -0.1) is 0 Å². The second kappa shape index (κ2) is 9.41. The first-order valence-corrected chi connectivity index (χ1v) is 10.3. The summed E-state index contributed by atoms with van der Waals surface area (Å²) in [5.41, 5.74) is 2.35. The first-order chi connectivity index (χ1) is 13.9. The molecule has 3 rings (SSSR count). The number of aryl methyl sites for hydroxylation is 1. The Bertz CT molecular complexity index is 933. The van der Waals surface area contributed by atoms with Crippen molar-refractivity contribution in [1.82, 2.24) is 0 Å². The molecule has 29 heavy (non-hydrogen) atoms. The molecule has 6 nitrogen and oxygen atoms in total. The zero-order chi connectivity index (χ0) is 21.0. The quantitative estimate of drug-likeness (QED) is 0.630. The van der Waals surface area contributed by atoms with E-state index in [1.165, 1.54) is 5.56 Å². The van der Waals surface area contributed by atoms with E-state index in [-0.39, 0.29) is 18.9 Å². The molecule has 0 bridgehead atoms. The Balaban J connectivity index is 1.52. The fraction of sp³-hybridized carbons (Fsp3) is 0.286. The van der Waals surface area contributed by atoms with E-state index in [9.17, 15) is 14.4 Å². The van der Waals surface area contributed by atoms with Crippen LogP contribution >= 0.6 is 27.5 Å². The van der Waals surface area contributed by atoms with Gasteiger partial charge in [0.15, 0.2) is 6.61 Å². The van der Waals surface area contributed by atoms with Crippen LogP contribution in [0.15, 0.2) is 46.9 Å². The van der Waals surface area contributed by atoms with Crippen molar-refractivity contribution in [3.8, 4) is 0 Å². The molecule has 8 heteroatoms. The molecule has 1 saturated heterocycles. The Morgan fingerprint density at radius 2 is 1.97 bits per heavy atom. The van der Waals surface area contributed by atoms with E-state index in [1.54, 1.807) is 23.1 Å². The summed E-state index contributed by atoms with van der Waals surface area (Å²) in [5, 5.41) is 2.96. The van der Waals surface area contributed by atoms with E-state index in [1.807, 2.05) is 24.3 Å². The van der Waals surface area contributed by atoms with Crippen LogP contribution in [0.25, 0.3) is 0 Å². The number of nitrogens with one attached hydrogen (secondary N) is 1. The number of benzene rings is 2. The van der Waals surface area contributed by atoms with E-state index in [0.717, 1.165) is 16.6 Å². The molecule has 1 N–H and O–H groups in total. The number of ether oxygens (including phenoxy) is 1. The van der Waals surface area contributed by atoms with Gasteiger partial charge in [-0.05, 0) is 42.3 Å². The third-order valence-electron chi connectivity index (χ3n) is 4.67. The van der Waals surface area contributed by atoms with E-state index in [4.69, 9.17) is 16.3 Å². The SMILES string of the molecule is CCc1ccc(N2C[C@@H](C(=O)OCC(=O)Nc3ccc(Br)cc3Cl)CC2=O)cc1. The second-order valence-corrected chi connectivity index (χ2v) is 8.03. The molecule has 0 unspecified atom stereocenters. The highest BCUT2D eigenvalue weighted by molar-refractivity contribution is 9.10. The summed E-state index contributed by atoms with van der Waals surface area (Å²) < 4.78 is 5.89. The molecule has 2 amide bonds. The number of amides is 2. The number of carbonyl (C=O) groups excluding carboxylic acids is 3. The van der Waals surface area contributed by atoms with Gasteiger partial charge in [0, 0.05) is 23.1 Å². The zero-order valence-electron chi connectivity index (χ0n) is 15.8. The van der Waals surface area contributed by atoms with Crippen molar-refractivity contribution in [3.63, 3.8) is 0 Å². The predicted molar refractivity (Wildman–Crippen MR) is 115 cm³/mol. The minimum atomic E-state index is -0.600. The summed E-state index contributed by atoms with van der Waals surface area (Å²) in [6.45, 7) is 1.85. The van der Waals surface area contributed by atoms with Crippen LogP contribution in [0.4, 0.5) is 11.4 Å². The average Bonchev–Trinajstić information content (AvgIpc) is 3.10. The van der Waals surface area contributed by atoms with Gasteiger partial charge in [-0.25, -0.2) is 0 Å². The highest BCUT2D eigenvalue weighted by Crippen LogP contribution is 2.27. The molecule has 2 aromatic carbocycles. The summed E-state index contributed by atoms with van der Waals surface area (Å²) >= 11 is 9.34. The monoisotopic (exact) mass is 478 g/mol. The lowest BCUT2D eigenvalue weighted by atomic mass is 10.1. The van der Waals surface area contributed by atoms with Gasteiger partial charge in [-0.3, -0.25) is 14.4 Å². The van der Waals surface area contributed by atoms with E-state index >= 15 is 0 Å². The van der Waals surface area contributed by atoms with Gasteiger partial charge < -0.3 is 15.0 Å². The van der Waals surface area contributed by atoms with Crippen molar-refractivity contribution >= 4 is 56.7 Å². The number of hydrogen-bond donors (Lipinski definition) is 1. The third kappa shape index (κ3) is 5.36. The Labute approximate surface area is 182 Å². The maximum atomic E-state index is 12.3. The summed E-state index contributed by atoms with van der Waals surface area (Å²) in [6, 6.07) is 12.7. The third-order valence-corrected chi connectivity index (χ3v) is 5.47. The van der Waals surface area contributed by atoms with Crippen molar-refractivity contribution in [1.29, 1.82) is 0 Å². The summed E-state index contributed by atoms with van der Waals surface area (Å²) in [4.78, 5) is 38.3. The van der Waals surface area contributed by atoms with Crippen LogP contribution in [0.3, 0.4) is 0 Å². The van der Waals surface area contributed by atoms with E-state index in [0.29, 0.717) is 10.7 Å². The van der Waals surface area contributed by atoms with Crippen molar-refractivity contribution in [2.24, 2.45) is 5.92 Å². The fourth-order valence-electron chi connectivity index (χ4n) is 3.06. The Hall–Kier alpha value is -2.38. The summed E-state index contributed by atoms with van der Waals surface area (Å²) in [7, 11) is 0. The highest BCUT2D eigenvalue weighted by Gasteiger charge is 2.36. The molecule has 1 fully saturated rings. The van der Waals surface area contributed by atoms with Gasteiger partial charge in [0.1, 0.15) is 0 Å². The molecule has 0 radical (unpaired) electrons. The number of halogens is 2. The number of carbonyl (C=O) groups is 3. The highest BCUT2D eigenvalue weighted by atomic mass is 79.9. The number of nitrogens with zero attached hydrogens (tertiary/aromatic N) is 1. The van der Waals surface area contributed by atoms with Crippen molar-refractivity contribution in [3.05, 3.63) is 57.5 Å². The Morgan fingerprint density at radius 1 is 1.24 bits per heavy atom. The van der Waals surface area contributed by atoms with Gasteiger partial charge >= 0.3 is 5.97 Å². The molecule has 0 aliphatic carbocycles. The van der Waals surface area contributed by atoms with Crippen LogP contribution in [0, 0.1) is 5.92 Å². The smallest absolute Gasteiger partial charge is 0.311 e. The normalized spacial score (nSPS) is 16.0. The number of anilines is 2. The maximum Gasteiger partial charge on any atom is 0.311 e. The van der Waals surface area contributed by atoms with Gasteiger partial charge in [-0.2, -0.15) is 0 Å². The second-order valence-electron chi connectivity index (χ2n) is 6.71. The molecule has 1 aliphatic heterocycles. The molecule has 0 saturated carbocycles. The summed E-state index contributed by atoms with van der Waals surface area (Å²) in [6.07, 6.45) is 0.977. The number of rotatable bonds is 6. The summed E-state index contributed by atoms with van der Waals surface area (Å²) in [5.74, 6) is -1.80. The molecular formula is C21H20BrClN2O4. The van der Waals surface area contributed by atoms with Crippen LogP contribution in [-0.2, 0) is 25.5 Å². The minimum absolute atomic E-state index is 0.0640. The topological polar surface area (TPSA) is 75.7 Å². The van der Waals surface area contributed by atoms with Crippen molar-refractivity contribution in [2.75, 3.05) is 23.4 Å². The molecule has 1 atom stereocenters. The van der Waals surface area contributed by atoms with Crippen LogP contribution in [0.2, 0.25) is 5.02 Å². The Morgan fingerprint density at radius 3 is 2.62 bits per heavy atom. The molecule has 1 aliphatic rings. The van der Waals surface area contributed by atoms with Crippen LogP contribution in [0.5, 0.6) is 0 Å². The Kier molecular flexibility index (Phi) is 6.92. The van der Waals surface area contributed by atoms with Crippen LogP contribution in [0.1, 0.15) is 18.9 Å². The van der Waals surface area contributed by atoms with Gasteiger partial charge in [0.25, 0.3) is 5.91 Å². The first kappa shape index (κ1) is 21.3. The lowest BCUT2D eigenvalue weighted by Crippen LogP contribution is -2.28. The van der Waals surface area contributed by atoms with Crippen molar-refractivity contribution in [2.45, 2.75) is 19.8 Å². The van der Waals surface area contributed by atoms with Crippen molar-refractivity contribution < 1.29 is 19.1 Å². The number of hydrogen-bond acceptors (Lipinski definition) is 4. The van der Waals surface area contributed by atoms with E-state index < -0.39 is 24.4 Å². The molecule has 0 aromatic heterocycles. The van der Waals surface area contributed by atoms with Gasteiger partial charge in [-0.1, -0.05) is 46.6 Å². The minimum Gasteiger partial charge on any atom is -0.455 e. The van der Waals surface area contributed by atoms with E-state index in [2.05, 4.69) is 28.2 Å². The molecule has 152 valence electrons. The lowest BCUT2D eigenvalue weighted by molar-refractivity contribution is -0.151.